The van der Waals surface area contributed by atoms with E-state index >= 15 is 0 Å². The molecular formula is C45H75N13O12. The van der Waals surface area contributed by atoms with Crippen LogP contribution in [-0.4, -0.2) is 204 Å². The van der Waals surface area contributed by atoms with Crippen molar-refractivity contribution in [1.82, 2.24) is 65.8 Å². The highest BCUT2D eigenvalue weighted by Crippen LogP contribution is 2.02. The van der Waals surface area contributed by atoms with E-state index in [-0.39, 0.29) is 74.2 Å². The van der Waals surface area contributed by atoms with Gasteiger partial charge in [0.1, 0.15) is 17.3 Å². The Hall–Kier alpha value is -5.44. The Morgan fingerprint density at radius 3 is 0.986 bits per heavy atom. The molecule has 3 aromatic heterocycles. The van der Waals surface area contributed by atoms with Crippen LogP contribution in [-0.2, 0) is 96.1 Å². The van der Waals surface area contributed by atoms with Crippen LogP contribution < -0.4 is 16.0 Å². The van der Waals surface area contributed by atoms with Crippen LogP contribution in [0.3, 0.4) is 0 Å². The minimum Gasteiger partial charge on any atom is -0.380 e. The summed E-state index contributed by atoms with van der Waals surface area (Å²) in [5.41, 5.74) is 2.28. The lowest BCUT2D eigenvalue weighted by Gasteiger charge is -2.22. The number of ketones is 3. The van der Waals surface area contributed by atoms with Gasteiger partial charge in [-0.15, -0.1) is 15.3 Å². The van der Waals surface area contributed by atoms with Gasteiger partial charge in [0.2, 0.25) is 17.7 Å². The maximum atomic E-state index is 12.3. The number of hydrogen-bond donors (Lipinski definition) is 3. The normalized spacial score (nSPS) is 11.3. The number of hydrogen-bond acceptors (Lipinski definition) is 19. The molecule has 0 aliphatic heterocycles. The van der Waals surface area contributed by atoms with E-state index in [1.54, 1.807) is 53.4 Å². The van der Waals surface area contributed by atoms with Gasteiger partial charge in [0.25, 0.3) is 0 Å². The highest BCUT2D eigenvalue weighted by atomic mass is 16.5. The number of carbonyl (C=O) groups is 6. The van der Waals surface area contributed by atoms with E-state index in [1.165, 1.54) is 0 Å². The average molecular weight is 990 g/mol. The third-order valence-corrected chi connectivity index (χ3v) is 10.1. The van der Waals surface area contributed by atoms with Crippen molar-refractivity contribution in [2.24, 2.45) is 0 Å². The molecule has 3 rings (SSSR count). The largest absolute Gasteiger partial charge is 0.380 e. The molecule has 25 heteroatoms. The van der Waals surface area contributed by atoms with Gasteiger partial charge in [-0.1, -0.05) is 15.6 Å². The van der Waals surface area contributed by atoms with Gasteiger partial charge in [0.15, 0.2) is 0 Å². The highest BCUT2D eigenvalue weighted by Gasteiger charge is 2.10. The van der Waals surface area contributed by atoms with E-state index in [0.717, 1.165) is 17.1 Å². The van der Waals surface area contributed by atoms with Crippen LogP contribution in [0.1, 0.15) is 76.4 Å². The Kier molecular flexibility index (Phi) is 31.5. The standard InChI is InChI=1S/C45H75N13O12/c1-37(59)4-7-40-34-56(52-49-40)19-31-68-25-13-46-43(62)10-22-65-28-16-55(17-29-66-23-11-44(63)47-14-26-69-32-20-57-35-41(50-53-57)8-5-38(2)60)18-30-67-24-12-45(64)48-15-27-70-33-21-58-36-42(51-54-58)9-6-39(3)61/h34-36H,4-33H2,1-3H3,(H,46,62)(H,47,63)(H,48,64). The topological polar surface area (TPSA) is 289 Å². The van der Waals surface area contributed by atoms with Gasteiger partial charge in [0, 0.05) is 96.4 Å². The fourth-order valence-corrected chi connectivity index (χ4v) is 6.15. The SMILES string of the molecule is CC(=O)CCc1cn(CCOCCNC(=O)CCOCCN(CCOCCC(=O)NCCOCCn2cc(CCC(C)=O)nn2)CCOCCC(=O)NCCOCCn2cc(CCC(C)=O)nn2)nn1. The maximum Gasteiger partial charge on any atom is 0.222 e. The molecule has 392 valence electrons. The quantitative estimate of drug-likeness (QED) is 0.0593. The Bertz CT molecular complexity index is 1730. The first kappa shape index (κ1) is 58.9. The summed E-state index contributed by atoms with van der Waals surface area (Å²) in [5, 5.41) is 32.7. The van der Waals surface area contributed by atoms with Crippen LogP contribution in [0.4, 0.5) is 0 Å². The molecule has 0 saturated heterocycles. The van der Waals surface area contributed by atoms with Crippen molar-refractivity contribution in [3.05, 3.63) is 35.7 Å². The summed E-state index contributed by atoms with van der Waals surface area (Å²) in [6.45, 7) is 12.9. The molecule has 0 atom stereocenters. The predicted octanol–water partition coefficient (Wildman–Crippen LogP) is -0.653. The first-order valence-corrected chi connectivity index (χ1v) is 24.1. The van der Waals surface area contributed by atoms with Gasteiger partial charge in [-0.3, -0.25) is 19.3 Å². The fraction of sp³-hybridized carbons (Fsp3) is 0.733. The smallest absolute Gasteiger partial charge is 0.222 e. The second-order valence-electron chi connectivity index (χ2n) is 16.3. The van der Waals surface area contributed by atoms with Crippen molar-refractivity contribution < 1.29 is 57.2 Å². The number of nitrogens with zero attached hydrogens (tertiary/aromatic N) is 10. The zero-order chi connectivity index (χ0) is 50.4. The third-order valence-electron chi connectivity index (χ3n) is 10.1. The van der Waals surface area contributed by atoms with Crippen LogP contribution >= 0.6 is 0 Å². The van der Waals surface area contributed by atoms with Crippen LogP contribution in [0.15, 0.2) is 18.6 Å². The number of ether oxygens (including phenoxy) is 6. The lowest BCUT2D eigenvalue weighted by Crippen LogP contribution is -2.35. The number of aryl methyl sites for hydroxylation is 3. The van der Waals surface area contributed by atoms with Crippen molar-refractivity contribution in [2.45, 2.75) is 98.2 Å². The number of aromatic nitrogens is 9. The molecule has 3 heterocycles. The summed E-state index contributed by atoms with van der Waals surface area (Å²) in [4.78, 5) is 72.6. The average Bonchev–Trinajstić information content (AvgIpc) is 4.11. The summed E-state index contributed by atoms with van der Waals surface area (Å²) in [5.74, 6) is -0.132. The first-order chi connectivity index (χ1) is 33.9. The molecule has 0 fully saturated rings. The molecule has 0 radical (unpaired) electrons. The van der Waals surface area contributed by atoms with Crippen LogP contribution in [0.2, 0.25) is 0 Å². The monoisotopic (exact) mass is 990 g/mol. The molecule has 0 spiro atoms. The molecule has 70 heavy (non-hydrogen) atoms. The van der Waals surface area contributed by atoms with Gasteiger partial charge in [-0.05, 0) is 40.0 Å². The van der Waals surface area contributed by atoms with Gasteiger partial charge in [0.05, 0.1) is 116 Å². The van der Waals surface area contributed by atoms with E-state index in [2.05, 4.69) is 51.8 Å². The van der Waals surface area contributed by atoms with Crippen molar-refractivity contribution in [1.29, 1.82) is 0 Å². The summed E-state index contributed by atoms with van der Waals surface area (Å²) in [7, 11) is 0. The molecular weight excluding hydrogens is 915 g/mol. The molecule has 0 bridgehead atoms. The van der Waals surface area contributed by atoms with Crippen LogP contribution in [0.25, 0.3) is 0 Å². The summed E-state index contributed by atoms with van der Waals surface area (Å²) in [6, 6.07) is 0. The first-order valence-electron chi connectivity index (χ1n) is 24.1. The summed E-state index contributed by atoms with van der Waals surface area (Å²) >= 11 is 0. The van der Waals surface area contributed by atoms with Gasteiger partial charge >= 0.3 is 0 Å². The predicted molar refractivity (Wildman–Crippen MR) is 251 cm³/mol. The third kappa shape index (κ3) is 30.9. The molecule has 0 saturated carbocycles. The molecule has 25 nitrogen and oxygen atoms in total. The van der Waals surface area contributed by atoms with Gasteiger partial charge in [-0.2, -0.15) is 0 Å². The van der Waals surface area contributed by atoms with E-state index in [0.29, 0.717) is 157 Å². The molecule has 0 aliphatic carbocycles. The van der Waals surface area contributed by atoms with E-state index in [9.17, 15) is 28.8 Å². The maximum absolute atomic E-state index is 12.3. The highest BCUT2D eigenvalue weighted by molar-refractivity contribution is 5.77. The Morgan fingerprint density at radius 1 is 0.414 bits per heavy atom. The van der Waals surface area contributed by atoms with E-state index < -0.39 is 0 Å². The molecule has 0 aliphatic rings. The molecule has 3 N–H and O–H groups in total. The second kappa shape index (κ2) is 37.4. The molecule has 0 unspecified atom stereocenters. The zero-order valence-corrected chi connectivity index (χ0v) is 41.3. The Labute approximate surface area is 409 Å². The lowest BCUT2D eigenvalue weighted by molar-refractivity contribution is -0.123. The van der Waals surface area contributed by atoms with Gasteiger partial charge < -0.3 is 58.8 Å². The molecule has 3 aromatic rings. The van der Waals surface area contributed by atoms with Gasteiger partial charge in [-0.25, -0.2) is 14.0 Å². The van der Waals surface area contributed by atoms with Crippen molar-refractivity contribution in [2.75, 3.05) is 119 Å². The number of rotatable bonds is 45. The fourth-order valence-electron chi connectivity index (χ4n) is 6.15. The van der Waals surface area contributed by atoms with Crippen LogP contribution in [0, 0.1) is 0 Å². The number of carbonyl (C=O) groups excluding carboxylic acids is 6. The lowest BCUT2D eigenvalue weighted by atomic mass is 10.2. The number of amides is 3. The van der Waals surface area contributed by atoms with E-state index in [4.69, 9.17) is 28.4 Å². The summed E-state index contributed by atoms with van der Waals surface area (Å²) < 4.78 is 39.1. The Balaban J connectivity index is 1.24. The van der Waals surface area contributed by atoms with Crippen LogP contribution in [0.5, 0.6) is 0 Å². The Morgan fingerprint density at radius 2 is 0.700 bits per heavy atom. The van der Waals surface area contributed by atoms with Crippen molar-refractivity contribution >= 4 is 35.1 Å². The minimum atomic E-state index is -0.150. The van der Waals surface area contributed by atoms with Crippen molar-refractivity contribution in [3.63, 3.8) is 0 Å². The number of nitrogens with one attached hydrogen (secondary N) is 3. The van der Waals surface area contributed by atoms with Crippen molar-refractivity contribution in [3.8, 4) is 0 Å². The number of Topliss-reactive ketones (excluding diaryl/α,β-unsaturated/α-hetero) is 3. The molecule has 0 aromatic carbocycles. The zero-order valence-electron chi connectivity index (χ0n) is 41.3. The minimum absolute atomic E-state index is 0.106. The van der Waals surface area contributed by atoms with E-state index in [1.807, 2.05) is 0 Å². The second-order valence-corrected chi connectivity index (χ2v) is 16.3. The molecule has 3 amide bonds. The summed E-state index contributed by atoms with van der Waals surface area (Å²) in [6.07, 6.45) is 8.94.